The highest BCUT2D eigenvalue weighted by atomic mass is 79.9. The van der Waals surface area contributed by atoms with Gasteiger partial charge in [-0.2, -0.15) is 0 Å². The number of esters is 1. The van der Waals surface area contributed by atoms with Crippen LogP contribution in [0.4, 0.5) is 0 Å². The second-order valence-electron chi connectivity index (χ2n) is 5.22. The summed E-state index contributed by atoms with van der Waals surface area (Å²) in [6.07, 6.45) is 1.71. The first-order valence-corrected chi connectivity index (χ1v) is 8.59. The van der Waals surface area contributed by atoms with Gasteiger partial charge in [-0.05, 0) is 30.5 Å². The van der Waals surface area contributed by atoms with E-state index in [1.54, 1.807) is 12.1 Å². The molecule has 1 aromatic carbocycles. The van der Waals surface area contributed by atoms with E-state index in [1.165, 1.54) is 14.2 Å². The molecule has 1 N–H and O–H groups in total. The van der Waals surface area contributed by atoms with Gasteiger partial charge in [0, 0.05) is 10.5 Å². The molecule has 0 spiro atoms. The lowest BCUT2D eigenvalue weighted by molar-refractivity contribution is -0.148. The zero-order valence-electron chi connectivity index (χ0n) is 14.5. The van der Waals surface area contributed by atoms with Crippen LogP contribution in [0.15, 0.2) is 16.6 Å². The first kappa shape index (κ1) is 20.3. The van der Waals surface area contributed by atoms with E-state index in [9.17, 15) is 9.59 Å². The van der Waals surface area contributed by atoms with Gasteiger partial charge in [0.2, 0.25) is 0 Å². The molecule has 0 fully saturated rings. The van der Waals surface area contributed by atoms with Gasteiger partial charge in [0.15, 0.2) is 18.1 Å². The molecule has 1 aromatic rings. The number of methoxy groups -OCH3 is 2. The van der Waals surface area contributed by atoms with Gasteiger partial charge in [0.25, 0.3) is 5.91 Å². The van der Waals surface area contributed by atoms with Gasteiger partial charge in [-0.1, -0.05) is 29.8 Å². The minimum Gasteiger partial charge on any atom is -0.493 e. The fraction of sp³-hybridized carbons (Fsp3) is 0.529. The molecule has 0 unspecified atom stereocenters. The summed E-state index contributed by atoms with van der Waals surface area (Å²) in [4.78, 5) is 23.7. The lowest BCUT2D eigenvalue weighted by Gasteiger charge is -2.15. The number of amides is 1. The predicted octanol–water partition coefficient (Wildman–Crippen LogP) is 2.86. The third-order valence-electron chi connectivity index (χ3n) is 3.60. The molecule has 1 rings (SSSR count). The normalized spacial score (nSPS) is 10.4. The molecule has 0 aliphatic rings. The van der Waals surface area contributed by atoms with Crippen LogP contribution in [0.25, 0.3) is 0 Å². The maximum absolute atomic E-state index is 12.0. The minimum atomic E-state index is -0.484. The Morgan fingerprint density at radius 3 is 2.25 bits per heavy atom. The van der Waals surface area contributed by atoms with Crippen molar-refractivity contribution in [1.29, 1.82) is 0 Å². The summed E-state index contributed by atoms with van der Waals surface area (Å²) in [5.41, 5.74) is 0.693. The number of halogens is 1. The average molecular weight is 402 g/mol. The van der Waals surface area contributed by atoms with E-state index in [0.29, 0.717) is 21.5 Å². The lowest BCUT2D eigenvalue weighted by atomic mass is 10.1. The highest BCUT2D eigenvalue weighted by Crippen LogP contribution is 2.33. The third-order valence-corrected chi connectivity index (χ3v) is 4.34. The van der Waals surface area contributed by atoms with Crippen LogP contribution in [0, 0.1) is 0 Å². The van der Waals surface area contributed by atoms with Crippen molar-refractivity contribution in [3.63, 3.8) is 0 Å². The van der Waals surface area contributed by atoms with E-state index in [0.717, 1.165) is 12.8 Å². The zero-order valence-corrected chi connectivity index (χ0v) is 16.1. The number of hydrogen-bond acceptors (Lipinski definition) is 5. The summed E-state index contributed by atoms with van der Waals surface area (Å²) in [7, 11) is 3.06. The fourth-order valence-electron chi connectivity index (χ4n) is 2.15. The summed E-state index contributed by atoms with van der Waals surface area (Å²) in [6.45, 7) is 3.71. The van der Waals surface area contributed by atoms with Crippen LogP contribution in [-0.2, 0) is 20.7 Å². The number of carbonyl (C=O) groups excluding carboxylic acids is 2. The van der Waals surface area contributed by atoms with Crippen molar-refractivity contribution in [3.05, 3.63) is 22.2 Å². The van der Waals surface area contributed by atoms with Crippen molar-refractivity contribution in [2.45, 2.75) is 39.2 Å². The molecule has 7 heteroatoms. The molecule has 0 radical (unpaired) electrons. The highest BCUT2D eigenvalue weighted by molar-refractivity contribution is 9.10. The van der Waals surface area contributed by atoms with E-state index in [1.807, 2.05) is 13.8 Å². The maximum atomic E-state index is 12.0. The number of ether oxygens (including phenoxy) is 3. The molecule has 0 atom stereocenters. The molecular formula is C17H24BrNO5. The van der Waals surface area contributed by atoms with Gasteiger partial charge in [0.1, 0.15) is 0 Å². The van der Waals surface area contributed by atoms with Crippen molar-refractivity contribution in [2.75, 3.05) is 20.8 Å². The van der Waals surface area contributed by atoms with Crippen LogP contribution in [0.1, 0.15) is 32.3 Å². The number of nitrogens with one attached hydrogen (secondary N) is 1. The van der Waals surface area contributed by atoms with Crippen molar-refractivity contribution >= 4 is 27.8 Å². The quantitative estimate of drug-likeness (QED) is 0.643. The SMILES string of the molecule is CCC(CC)NC(=O)COC(=O)Cc1cc(OC)c(OC)cc1Br. The van der Waals surface area contributed by atoms with Crippen LogP contribution in [-0.4, -0.2) is 38.7 Å². The second-order valence-corrected chi connectivity index (χ2v) is 6.07. The van der Waals surface area contributed by atoms with Crippen molar-refractivity contribution in [1.82, 2.24) is 5.32 Å². The van der Waals surface area contributed by atoms with Gasteiger partial charge in [-0.15, -0.1) is 0 Å². The summed E-state index contributed by atoms with van der Waals surface area (Å²) >= 11 is 3.39. The van der Waals surface area contributed by atoms with Crippen LogP contribution >= 0.6 is 15.9 Å². The first-order valence-electron chi connectivity index (χ1n) is 7.80. The summed E-state index contributed by atoms with van der Waals surface area (Å²) in [5, 5.41) is 2.82. The van der Waals surface area contributed by atoms with Crippen LogP contribution < -0.4 is 14.8 Å². The summed E-state index contributed by atoms with van der Waals surface area (Å²) < 4.78 is 16.2. The first-order chi connectivity index (χ1) is 11.4. The van der Waals surface area contributed by atoms with Gasteiger partial charge in [-0.3, -0.25) is 9.59 Å². The van der Waals surface area contributed by atoms with Crippen LogP contribution in [0.3, 0.4) is 0 Å². The topological polar surface area (TPSA) is 73.9 Å². The summed E-state index contributed by atoms with van der Waals surface area (Å²) in [5.74, 6) is 0.312. The molecule has 0 heterocycles. The number of carbonyl (C=O) groups is 2. The Labute approximate surface area is 151 Å². The molecular weight excluding hydrogens is 378 g/mol. The molecule has 134 valence electrons. The third kappa shape index (κ3) is 6.03. The zero-order chi connectivity index (χ0) is 18.1. The van der Waals surface area contributed by atoms with E-state index in [-0.39, 0.29) is 25.0 Å². The lowest BCUT2D eigenvalue weighted by Crippen LogP contribution is -2.37. The largest absolute Gasteiger partial charge is 0.493 e. The van der Waals surface area contributed by atoms with Crippen LogP contribution in [0.5, 0.6) is 11.5 Å². The predicted molar refractivity (Wildman–Crippen MR) is 94.4 cm³/mol. The van der Waals surface area contributed by atoms with E-state index in [4.69, 9.17) is 14.2 Å². The average Bonchev–Trinajstić information content (AvgIpc) is 2.59. The van der Waals surface area contributed by atoms with E-state index in [2.05, 4.69) is 21.2 Å². The Balaban J connectivity index is 2.61. The molecule has 0 aliphatic carbocycles. The second kappa shape index (κ2) is 10.2. The molecule has 1 amide bonds. The molecule has 24 heavy (non-hydrogen) atoms. The number of rotatable bonds is 9. The number of hydrogen-bond donors (Lipinski definition) is 1. The summed E-state index contributed by atoms with van der Waals surface area (Å²) in [6, 6.07) is 3.53. The Morgan fingerprint density at radius 2 is 1.71 bits per heavy atom. The van der Waals surface area contributed by atoms with Gasteiger partial charge < -0.3 is 19.5 Å². The number of benzene rings is 1. The van der Waals surface area contributed by atoms with Gasteiger partial charge in [-0.25, -0.2) is 0 Å². The molecule has 0 saturated carbocycles. The standard InChI is InChI=1S/C17H24BrNO5/c1-5-12(6-2)19-16(20)10-24-17(21)8-11-7-14(22-3)15(23-4)9-13(11)18/h7,9,12H,5-6,8,10H2,1-4H3,(H,19,20). The Kier molecular flexibility index (Phi) is 8.60. The fourth-order valence-corrected chi connectivity index (χ4v) is 2.61. The van der Waals surface area contributed by atoms with Gasteiger partial charge in [0.05, 0.1) is 20.6 Å². The Morgan fingerprint density at radius 1 is 1.12 bits per heavy atom. The van der Waals surface area contributed by atoms with Crippen molar-refractivity contribution in [2.24, 2.45) is 0 Å². The molecule has 0 aliphatic heterocycles. The highest BCUT2D eigenvalue weighted by Gasteiger charge is 2.15. The monoisotopic (exact) mass is 401 g/mol. The Bertz CT molecular complexity index is 572. The molecule has 0 aromatic heterocycles. The van der Waals surface area contributed by atoms with E-state index >= 15 is 0 Å². The smallest absolute Gasteiger partial charge is 0.310 e. The minimum absolute atomic E-state index is 0.0270. The molecule has 6 nitrogen and oxygen atoms in total. The van der Waals surface area contributed by atoms with Crippen molar-refractivity contribution < 1.29 is 23.8 Å². The Hall–Kier alpha value is -1.76. The van der Waals surface area contributed by atoms with Crippen molar-refractivity contribution in [3.8, 4) is 11.5 Å². The van der Waals surface area contributed by atoms with Gasteiger partial charge >= 0.3 is 5.97 Å². The maximum Gasteiger partial charge on any atom is 0.310 e. The molecule has 0 bridgehead atoms. The molecule has 0 saturated heterocycles. The van der Waals surface area contributed by atoms with E-state index < -0.39 is 5.97 Å². The van der Waals surface area contributed by atoms with Crippen LogP contribution in [0.2, 0.25) is 0 Å².